The highest BCUT2D eigenvalue weighted by atomic mass is 31.2. The van der Waals surface area contributed by atoms with Crippen LogP contribution >= 0.6 is 7.37 Å². The summed E-state index contributed by atoms with van der Waals surface area (Å²) in [6.07, 6.45) is 16.1. The van der Waals surface area contributed by atoms with Crippen molar-refractivity contribution in [2.45, 2.75) is 117 Å². The molecule has 3 heteroatoms. The van der Waals surface area contributed by atoms with Crippen molar-refractivity contribution in [3.8, 4) is 0 Å². The van der Waals surface area contributed by atoms with Gasteiger partial charge in [-0.2, -0.15) is 0 Å². The van der Waals surface area contributed by atoms with Crippen molar-refractivity contribution in [1.82, 2.24) is 0 Å². The molecule has 2 nitrogen and oxygen atoms in total. The maximum atomic E-state index is 12.8. The predicted molar refractivity (Wildman–Crippen MR) is 105 cm³/mol. The van der Waals surface area contributed by atoms with Gasteiger partial charge in [-0.3, -0.25) is 4.57 Å². The van der Waals surface area contributed by atoms with E-state index in [9.17, 15) is 9.46 Å². The fraction of sp³-hybridized carbons (Fsp3) is 1.00. The topological polar surface area (TPSA) is 37.3 Å². The minimum absolute atomic E-state index is 0.0179. The molecule has 0 aromatic carbocycles. The lowest BCUT2D eigenvalue weighted by Crippen LogP contribution is -2.18. The molecule has 0 aromatic rings. The van der Waals surface area contributed by atoms with Gasteiger partial charge in [-0.15, -0.1) is 0 Å². The summed E-state index contributed by atoms with van der Waals surface area (Å²) in [5, 5.41) is 0. The van der Waals surface area contributed by atoms with Crippen molar-refractivity contribution in [3.05, 3.63) is 0 Å². The molecule has 0 radical (unpaired) electrons. The van der Waals surface area contributed by atoms with E-state index in [0.717, 1.165) is 25.7 Å². The molecule has 0 aliphatic heterocycles. The van der Waals surface area contributed by atoms with E-state index >= 15 is 0 Å². The van der Waals surface area contributed by atoms with Crippen molar-refractivity contribution in [3.63, 3.8) is 0 Å². The van der Waals surface area contributed by atoms with Gasteiger partial charge in [-0.1, -0.05) is 98.3 Å². The van der Waals surface area contributed by atoms with Crippen LogP contribution in [-0.4, -0.2) is 16.7 Å². The van der Waals surface area contributed by atoms with Crippen LogP contribution in [0, 0.1) is 5.92 Å². The van der Waals surface area contributed by atoms with E-state index in [1.165, 1.54) is 57.8 Å². The van der Waals surface area contributed by atoms with Crippen LogP contribution in [-0.2, 0) is 4.57 Å². The first-order valence-electron chi connectivity index (χ1n) is 10.3. The standard InChI is InChI=1S/C20H43O2P/c1-5-7-9-11-13-15-17-20(19(3)4)23(21,22)18-16-14-12-10-8-6-2/h19-20H,5-18H2,1-4H3,(H,21,22). The number of hydrogen-bond acceptors (Lipinski definition) is 1. The second kappa shape index (κ2) is 14.5. The van der Waals surface area contributed by atoms with Crippen LogP contribution < -0.4 is 0 Å². The summed E-state index contributed by atoms with van der Waals surface area (Å²) < 4.78 is 12.8. The van der Waals surface area contributed by atoms with Gasteiger partial charge in [-0.05, 0) is 18.8 Å². The highest BCUT2D eigenvalue weighted by molar-refractivity contribution is 7.58. The van der Waals surface area contributed by atoms with Crippen LogP contribution in [0.2, 0.25) is 0 Å². The lowest BCUT2D eigenvalue weighted by molar-refractivity contribution is 0.417. The highest BCUT2D eigenvalue weighted by Gasteiger charge is 2.32. The highest BCUT2D eigenvalue weighted by Crippen LogP contribution is 2.52. The minimum Gasteiger partial charge on any atom is -0.344 e. The molecule has 0 bridgehead atoms. The summed E-state index contributed by atoms with van der Waals surface area (Å²) in [5.41, 5.74) is 0.0179. The van der Waals surface area contributed by atoms with Gasteiger partial charge < -0.3 is 4.89 Å². The van der Waals surface area contributed by atoms with E-state index in [1.54, 1.807) is 0 Å². The molecule has 0 rings (SSSR count). The summed E-state index contributed by atoms with van der Waals surface area (Å²) in [6, 6.07) is 0. The largest absolute Gasteiger partial charge is 0.344 e. The van der Waals surface area contributed by atoms with E-state index in [0.29, 0.717) is 12.1 Å². The smallest absolute Gasteiger partial charge is 0.203 e. The quantitative estimate of drug-likeness (QED) is 0.233. The summed E-state index contributed by atoms with van der Waals surface area (Å²) in [6.45, 7) is 8.69. The normalized spacial score (nSPS) is 15.7. The molecule has 0 saturated heterocycles. The zero-order valence-corrected chi connectivity index (χ0v) is 17.3. The minimum atomic E-state index is -2.98. The van der Waals surface area contributed by atoms with Crippen LogP contribution in [0.5, 0.6) is 0 Å². The van der Waals surface area contributed by atoms with E-state index in [2.05, 4.69) is 27.7 Å². The van der Waals surface area contributed by atoms with Crippen LogP contribution in [0.25, 0.3) is 0 Å². The monoisotopic (exact) mass is 346 g/mol. The molecule has 0 aromatic heterocycles. The van der Waals surface area contributed by atoms with E-state index in [-0.39, 0.29) is 5.66 Å². The number of unbranched alkanes of at least 4 members (excludes halogenated alkanes) is 10. The van der Waals surface area contributed by atoms with Crippen molar-refractivity contribution >= 4 is 7.37 Å². The summed E-state index contributed by atoms with van der Waals surface area (Å²) in [5.74, 6) is 0.321. The number of rotatable bonds is 16. The Bertz CT molecular complexity index is 302. The third-order valence-corrected chi connectivity index (χ3v) is 7.82. The van der Waals surface area contributed by atoms with Crippen molar-refractivity contribution < 1.29 is 9.46 Å². The first-order chi connectivity index (χ1) is 11.0. The van der Waals surface area contributed by atoms with Crippen molar-refractivity contribution in [1.29, 1.82) is 0 Å². The molecule has 140 valence electrons. The fourth-order valence-electron chi connectivity index (χ4n) is 3.42. The first kappa shape index (κ1) is 23.2. The Morgan fingerprint density at radius 3 is 1.65 bits per heavy atom. The van der Waals surface area contributed by atoms with Gasteiger partial charge in [0, 0.05) is 11.8 Å². The average molecular weight is 347 g/mol. The molecule has 2 atom stereocenters. The van der Waals surface area contributed by atoms with Gasteiger partial charge in [0.1, 0.15) is 0 Å². The second-order valence-electron chi connectivity index (χ2n) is 7.61. The van der Waals surface area contributed by atoms with E-state index in [4.69, 9.17) is 0 Å². The van der Waals surface area contributed by atoms with Crippen LogP contribution in [0.3, 0.4) is 0 Å². The van der Waals surface area contributed by atoms with Crippen molar-refractivity contribution in [2.24, 2.45) is 5.92 Å². The molecule has 0 fully saturated rings. The Balaban J connectivity index is 4.05. The van der Waals surface area contributed by atoms with Gasteiger partial charge in [0.15, 0.2) is 0 Å². The predicted octanol–water partition coefficient (Wildman–Crippen LogP) is 7.39. The first-order valence-corrected chi connectivity index (χ1v) is 12.2. The van der Waals surface area contributed by atoms with E-state index in [1.807, 2.05) is 0 Å². The molecule has 23 heavy (non-hydrogen) atoms. The maximum Gasteiger partial charge on any atom is 0.203 e. The Labute approximate surface area is 146 Å². The SMILES string of the molecule is CCCCCCCCC(C(C)C)P(=O)(O)CCCCCCCC. The molecule has 0 spiro atoms. The summed E-state index contributed by atoms with van der Waals surface area (Å²) in [7, 11) is -2.98. The Morgan fingerprint density at radius 1 is 0.739 bits per heavy atom. The Kier molecular flexibility index (Phi) is 14.6. The maximum absolute atomic E-state index is 12.8. The van der Waals surface area contributed by atoms with Gasteiger partial charge in [0.2, 0.25) is 7.37 Å². The Morgan fingerprint density at radius 2 is 1.17 bits per heavy atom. The van der Waals surface area contributed by atoms with Gasteiger partial charge in [-0.25, -0.2) is 0 Å². The molecule has 0 aliphatic carbocycles. The number of hydrogen-bond donors (Lipinski definition) is 1. The molecular weight excluding hydrogens is 303 g/mol. The zero-order chi connectivity index (χ0) is 17.6. The van der Waals surface area contributed by atoms with Gasteiger partial charge >= 0.3 is 0 Å². The average Bonchev–Trinajstić information content (AvgIpc) is 2.49. The Hall–Kier alpha value is 0.190. The van der Waals surface area contributed by atoms with Crippen molar-refractivity contribution in [2.75, 3.05) is 6.16 Å². The third-order valence-electron chi connectivity index (χ3n) is 4.97. The molecule has 2 unspecified atom stereocenters. The summed E-state index contributed by atoms with van der Waals surface area (Å²) >= 11 is 0. The molecule has 0 aliphatic rings. The van der Waals surface area contributed by atoms with Crippen LogP contribution in [0.4, 0.5) is 0 Å². The molecule has 0 heterocycles. The fourth-order valence-corrected chi connectivity index (χ4v) is 5.95. The van der Waals surface area contributed by atoms with Crippen LogP contribution in [0.1, 0.15) is 111 Å². The molecule has 0 saturated carbocycles. The third kappa shape index (κ3) is 12.2. The molecule has 1 N–H and O–H groups in total. The van der Waals surface area contributed by atoms with Gasteiger partial charge in [0.25, 0.3) is 0 Å². The second-order valence-corrected chi connectivity index (χ2v) is 10.2. The summed E-state index contributed by atoms with van der Waals surface area (Å²) in [4.78, 5) is 10.5. The lowest BCUT2D eigenvalue weighted by atomic mass is 10.0. The lowest BCUT2D eigenvalue weighted by Gasteiger charge is -2.26. The van der Waals surface area contributed by atoms with Crippen LogP contribution in [0.15, 0.2) is 0 Å². The van der Waals surface area contributed by atoms with E-state index < -0.39 is 7.37 Å². The van der Waals surface area contributed by atoms with Gasteiger partial charge in [0.05, 0.1) is 0 Å². The zero-order valence-electron chi connectivity index (χ0n) is 16.4. The molecular formula is C20H43O2P. The molecule has 0 amide bonds.